The summed E-state index contributed by atoms with van der Waals surface area (Å²) in [5, 5.41) is 10.4. The van der Waals surface area contributed by atoms with Gasteiger partial charge in [0.2, 0.25) is 5.91 Å². The summed E-state index contributed by atoms with van der Waals surface area (Å²) in [6, 6.07) is 12.7. The number of benzene rings is 1. The number of aliphatic imine (C=N–C) groups is 1. The van der Waals surface area contributed by atoms with Gasteiger partial charge in [0.25, 0.3) is 0 Å². The molecule has 0 aliphatic carbocycles. The summed E-state index contributed by atoms with van der Waals surface area (Å²) in [6.45, 7) is 2.92. The molecule has 0 atom stereocenters. The van der Waals surface area contributed by atoms with Gasteiger partial charge in [-0.05, 0) is 54.5 Å². The maximum absolute atomic E-state index is 12.0. The number of carbonyl (C=O) groups is 1. The molecule has 0 bridgehead atoms. The zero-order valence-electron chi connectivity index (χ0n) is 18.6. The molecule has 1 saturated heterocycles. The highest BCUT2D eigenvalue weighted by Gasteiger charge is 2.21. The van der Waals surface area contributed by atoms with Crippen LogP contribution in [-0.4, -0.2) is 70.2 Å². The zero-order valence-corrected chi connectivity index (χ0v) is 19.5. The average Bonchev–Trinajstić information content (AvgIpc) is 3.33. The highest BCUT2D eigenvalue weighted by atomic mass is 32.1. The van der Waals surface area contributed by atoms with E-state index in [-0.39, 0.29) is 12.5 Å². The number of methoxy groups -OCH3 is 1. The van der Waals surface area contributed by atoms with Crippen molar-refractivity contribution in [3.8, 4) is 5.75 Å². The Kier molecular flexibility index (Phi) is 8.58. The van der Waals surface area contributed by atoms with Crippen LogP contribution >= 0.6 is 11.3 Å². The molecular formula is C23H33N5O2S. The van der Waals surface area contributed by atoms with Crippen LogP contribution in [0.3, 0.4) is 0 Å². The highest BCUT2D eigenvalue weighted by molar-refractivity contribution is 7.14. The van der Waals surface area contributed by atoms with Gasteiger partial charge in [0.15, 0.2) is 5.96 Å². The number of hydrogen-bond donors (Lipinski definition) is 2. The van der Waals surface area contributed by atoms with Crippen molar-refractivity contribution in [2.45, 2.75) is 25.3 Å². The molecule has 1 amide bonds. The fourth-order valence-electron chi connectivity index (χ4n) is 3.45. The molecule has 0 unspecified atom stereocenters. The largest absolute Gasteiger partial charge is 0.497 e. The average molecular weight is 444 g/mol. The van der Waals surface area contributed by atoms with E-state index in [1.807, 2.05) is 12.1 Å². The lowest BCUT2D eigenvalue weighted by atomic mass is 10.1. The molecule has 168 valence electrons. The van der Waals surface area contributed by atoms with Gasteiger partial charge in [0.05, 0.1) is 12.1 Å². The molecule has 1 aromatic heterocycles. The Balaban J connectivity index is 1.53. The second-order valence-corrected chi connectivity index (χ2v) is 8.76. The van der Waals surface area contributed by atoms with E-state index >= 15 is 0 Å². The Morgan fingerprint density at radius 2 is 1.97 bits per heavy atom. The predicted molar refractivity (Wildman–Crippen MR) is 128 cm³/mol. The van der Waals surface area contributed by atoms with Crippen molar-refractivity contribution in [3.63, 3.8) is 0 Å². The number of thiophene rings is 1. The van der Waals surface area contributed by atoms with Gasteiger partial charge in [0.1, 0.15) is 12.3 Å². The summed E-state index contributed by atoms with van der Waals surface area (Å²) in [5.41, 5.74) is 1.22. The predicted octanol–water partition coefficient (Wildman–Crippen LogP) is 2.59. The van der Waals surface area contributed by atoms with Gasteiger partial charge in [-0.25, -0.2) is 4.99 Å². The molecule has 1 aromatic carbocycles. The topological polar surface area (TPSA) is 69.2 Å². The number of guanidine groups is 1. The molecule has 0 saturated carbocycles. The Morgan fingerprint density at radius 3 is 2.58 bits per heavy atom. The number of hydrogen-bond acceptors (Lipinski definition) is 5. The molecule has 8 heteroatoms. The number of likely N-dealkylation sites (N-methyl/N-ethyl adjacent to an activating group) is 1. The highest BCUT2D eigenvalue weighted by Crippen LogP contribution is 2.24. The number of rotatable bonds is 8. The normalized spacial score (nSPS) is 14.9. The van der Waals surface area contributed by atoms with E-state index in [0.717, 1.165) is 44.6 Å². The number of carbonyl (C=O) groups excluding carboxylic acids is 1. The van der Waals surface area contributed by atoms with Crippen molar-refractivity contribution < 1.29 is 9.53 Å². The van der Waals surface area contributed by atoms with E-state index in [1.54, 1.807) is 37.4 Å². The molecule has 0 spiro atoms. The molecule has 1 aliphatic rings. The first-order valence-corrected chi connectivity index (χ1v) is 11.6. The third-order valence-corrected chi connectivity index (χ3v) is 6.32. The van der Waals surface area contributed by atoms with Crippen LogP contribution in [0.4, 0.5) is 5.00 Å². The van der Waals surface area contributed by atoms with Gasteiger partial charge in [-0.2, -0.15) is 0 Å². The van der Waals surface area contributed by atoms with Crippen LogP contribution in [0.15, 0.2) is 46.8 Å². The molecule has 31 heavy (non-hydrogen) atoms. The van der Waals surface area contributed by atoms with Crippen LogP contribution in [0.5, 0.6) is 5.75 Å². The Hall–Kier alpha value is -2.74. The van der Waals surface area contributed by atoms with Crippen molar-refractivity contribution in [2.75, 3.05) is 52.3 Å². The van der Waals surface area contributed by atoms with Crippen molar-refractivity contribution in [1.82, 2.24) is 15.5 Å². The fraction of sp³-hybridized carbons (Fsp3) is 0.478. The van der Waals surface area contributed by atoms with E-state index in [2.05, 4.69) is 50.2 Å². The van der Waals surface area contributed by atoms with E-state index in [4.69, 9.17) is 4.74 Å². The van der Waals surface area contributed by atoms with Gasteiger partial charge in [0, 0.05) is 39.8 Å². The number of nitrogens with zero attached hydrogens (tertiary/aromatic N) is 3. The Morgan fingerprint density at radius 1 is 1.23 bits per heavy atom. The molecular weight excluding hydrogens is 410 g/mol. The van der Waals surface area contributed by atoms with Crippen molar-refractivity contribution in [1.29, 1.82) is 0 Å². The van der Waals surface area contributed by atoms with Gasteiger partial charge in [-0.1, -0.05) is 12.1 Å². The summed E-state index contributed by atoms with van der Waals surface area (Å²) >= 11 is 1.79. The second kappa shape index (κ2) is 11.6. The molecule has 7 nitrogen and oxygen atoms in total. The quantitative estimate of drug-likeness (QED) is 0.485. The van der Waals surface area contributed by atoms with Crippen LogP contribution in [0.2, 0.25) is 0 Å². The van der Waals surface area contributed by atoms with Crippen molar-refractivity contribution in [3.05, 3.63) is 47.3 Å². The van der Waals surface area contributed by atoms with Gasteiger partial charge in [-0.3, -0.25) is 4.79 Å². The maximum Gasteiger partial charge on any atom is 0.243 e. The van der Waals surface area contributed by atoms with E-state index in [0.29, 0.717) is 12.0 Å². The monoisotopic (exact) mass is 443 g/mol. The minimum atomic E-state index is -0.0104. The van der Waals surface area contributed by atoms with E-state index in [1.165, 1.54) is 10.6 Å². The number of anilines is 1. The van der Waals surface area contributed by atoms with E-state index < -0.39 is 0 Å². The molecule has 2 heterocycles. The fourth-order valence-corrected chi connectivity index (χ4v) is 4.23. The molecule has 1 aliphatic heterocycles. The SMILES string of the molecule is COc1ccc(CCNC(=NCC(=O)N(C)C)NC2CCN(c3cccs3)CC2)cc1. The van der Waals surface area contributed by atoms with E-state index in [9.17, 15) is 4.79 Å². The minimum absolute atomic E-state index is 0.0104. The summed E-state index contributed by atoms with van der Waals surface area (Å²) in [7, 11) is 5.18. The van der Waals surface area contributed by atoms with Crippen LogP contribution in [0.25, 0.3) is 0 Å². The molecule has 2 aromatic rings. The van der Waals surface area contributed by atoms with Crippen LogP contribution in [0.1, 0.15) is 18.4 Å². The lowest BCUT2D eigenvalue weighted by Gasteiger charge is -2.33. The third kappa shape index (κ3) is 7.17. The van der Waals surface area contributed by atoms with Gasteiger partial charge < -0.3 is 25.2 Å². The lowest BCUT2D eigenvalue weighted by molar-refractivity contribution is -0.127. The number of amides is 1. The molecule has 3 rings (SSSR count). The molecule has 1 fully saturated rings. The standard InChI is InChI=1S/C23H33N5O2S/c1-27(2)21(29)17-25-23(24-13-10-18-6-8-20(30-3)9-7-18)26-19-11-14-28(15-12-19)22-5-4-16-31-22/h4-9,16,19H,10-15,17H2,1-3H3,(H2,24,25,26). The van der Waals surface area contributed by atoms with Crippen LogP contribution in [0, 0.1) is 0 Å². The first-order valence-electron chi connectivity index (χ1n) is 10.7. The number of piperidine rings is 1. The Bertz CT molecular complexity index is 828. The van der Waals surface area contributed by atoms with Crippen LogP contribution < -0.4 is 20.3 Å². The third-order valence-electron chi connectivity index (χ3n) is 5.39. The zero-order chi connectivity index (χ0) is 22.1. The molecule has 2 N–H and O–H groups in total. The van der Waals surface area contributed by atoms with Crippen molar-refractivity contribution in [2.24, 2.45) is 4.99 Å². The van der Waals surface area contributed by atoms with Gasteiger partial charge >= 0.3 is 0 Å². The van der Waals surface area contributed by atoms with Crippen molar-refractivity contribution >= 4 is 28.2 Å². The number of ether oxygens (including phenoxy) is 1. The Labute approximate surface area is 189 Å². The van der Waals surface area contributed by atoms with Gasteiger partial charge in [-0.15, -0.1) is 11.3 Å². The summed E-state index contributed by atoms with van der Waals surface area (Å²) in [5.74, 6) is 1.55. The summed E-state index contributed by atoms with van der Waals surface area (Å²) < 4.78 is 5.22. The van der Waals surface area contributed by atoms with Crippen LogP contribution in [-0.2, 0) is 11.2 Å². The summed E-state index contributed by atoms with van der Waals surface area (Å²) in [6.07, 6.45) is 2.94. The second-order valence-electron chi connectivity index (χ2n) is 7.83. The lowest BCUT2D eigenvalue weighted by Crippen LogP contribution is -2.49. The number of nitrogens with one attached hydrogen (secondary N) is 2. The minimum Gasteiger partial charge on any atom is -0.497 e. The smallest absolute Gasteiger partial charge is 0.243 e. The first kappa shape index (κ1) is 22.9. The maximum atomic E-state index is 12.0. The summed E-state index contributed by atoms with van der Waals surface area (Å²) in [4.78, 5) is 20.6. The first-order chi connectivity index (χ1) is 15.0. The molecule has 0 radical (unpaired) electrons.